The predicted molar refractivity (Wildman–Crippen MR) is 75.1 cm³/mol. The molecule has 1 saturated carbocycles. The lowest BCUT2D eigenvalue weighted by atomic mass is 10.3. The van der Waals surface area contributed by atoms with Gasteiger partial charge in [-0.1, -0.05) is 12.1 Å². The largest absolute Gasteiger partial charge is 0.481 e. The number of nitrogens with zero attached hydrogens (tertiary/aromatic N) is 1. The van der Waals surface area contributed by atoms with Crippen LogP contribution in [-0.4, -0.2) is 34.6 Å². The Hall–Kier alpha value is -1.56. The topological polar surface area (TPSA) is 69.6 Å². The summed E-state index contributed by atoms with van der Waals surface area (Å²) in [6, 6.07) is 7.28. The number of nitrogens with one attached hydrogen (secondary N) is 1. The average molecular weight is 327 g/mol. The van der Waals surface area contributed by atoms with Crippen LogP contribution in [0.25, 0.3) is 0 Å². The summed E-state index contributed by atoms with van der Waals surface area (Å²) in [5.41, 5.74) is 0.688. The van der Waals surface area contributed by atoms with E-state index in [4.69, 9.17) is 5.11 Å². The SMILES string of the molecule is O=C(O)CCN(C(=O)Nc1ccccc1Br)C1CC1. The lowest BCUT2D eigenvalue weighted by molar-refractivity contribution is -0.137. The molecule has 102 valence electrons. The second-order valence-electron chi connectivity index (χ2n) is 4.48. The second-order valence-corrected chi connectivity index (χ2v) is 5.33. The Morgan fingerprint density at radius 2 is 2.05 bits per heavy atom. The first kappa shape index (κ1) is 13.9. The quantitative estimate of drug-likeness (QED) is 0.874. The summed E-state index contributed by atoms with van der Waals surface area (Å²) < 4.78 is 0.803. The van der Waals surface area contributed by atoms with Gasteiger partial charge in [0, 0.05) is 17.1 Å². The van der Waals surface area contributed by atoms with Crippen LogP contribution < -0.4 is 5.32 Å². The zero-order valence-corrected chi connectivity index (χ0v) is 11.9. The van der Waals surface area contributed by atoms with E-state index in [-0.39, 0.29) is 25.0 Å². The van der Waals surface area contributed by atoms with Gasteiger partial charge in [0.05, 0.1) is 12.1 Å². The van der Waals surface area contributed by atoms with Gasteiger partial charge in [0.25, 0.3) is 0 Å². The zero-order chi connectivity index (χ0) is 13.8. The number of carbonyl (C=O) groups is 2. The van der Waals surface area contributed by atoms with E-state index in [1.54, 1.807) is 11.0 Å². The van der Waals surface area contributed by atoms with Crippen LogP contribution in [0.1, 0.15) is 19.3 Å². The third-order valence-corrected chi connectivity index (χ3v) is 3.62. The standard InChI is InChI=1S/C13H15BrN2O3/c14-10-3-1-2-4-11(10)15-13(19)16(9-5-6-9)8-7-12(17)18/h1-4,9H,5-8H2,(H,15,19)(H,17,18). The molecule has 1 aromatic rings. The molecule has 1 fully saturated rings. The van der Waals surface area contributed by atoms with Gasteiger partial charge in [0.1, 0.15) is 0 Å². The summed E-state index contributed by atoms with van der Waals surface area (Å²) in [7, 11) is 0. The van der Waals surface area contributed by atoms with Gasteiger partial charge >= 0.3 is 12.0 Å². The number of halogens is 1. The number of benzene rings is 1. The molecule has 0 bridgehead atoms. The maximum atomic E-state index is 12.2. The highest BCUT2D eigenvalue weighted by molar-refractivity contribution is 9.10. The molecular formula is C13H15BrN2O3. The Morgan fingerprint density at radius 3 is 2.63 bits per heavy atom. The molecule has 2 rings (SSSR count). The molecule has 0 heterocycles. The van der Waals surface area contributed by atoms with Crippen LogP contribution in [0.4, 0.5) is 10.5 Å². The Labute approximate surface area is 119 Å². The molecule has 1 aliphatic rings. The van der Waals surface area contributed by atoms with Crippen LogP contribution in [0, 0.1) is 0 Å². The fourth-order valence-corrected chi connectivity index (χ4v) is 2.19. The summed E-state index contributed by atoms with van der Waals surface area (Å²) in [5.74, 6) is -0.889. The van der Waals surface area contributed by atoms with E-state index in [0.717, 1.165) is 17.3 Å². The number of carboxylic acid groups (broad SMARTS) is 1. The molecule has 0 aromatic heterocycles. The summed E-state index contributed by atoms with van der Waals surface area (Å²) in [6.45, 7) is 0.246. The highest BCUT2D eigenvalue weighted by atomic mass is 79.9. The van der Waals surface area contributed by atoms with Crippen molar-refractivity contribution in [3.8, 4) is 0 Å². The smallest absolute Gasteiger partial charge is 0.322 e. The first-order valence-electron chi connectivity index (χ1n) is 6.12. The van der Waals surface area contributed by atoms with Gasteiger partial charge in [-0.15, -0.1) is 0 Å². The molecule has 2 N–H and O–H groups in total. The Bertz CT molecular complexity index is 489. The number of hydrogen-bond acceptors (Lipinski definition) is 2. The Kier molecular flexibility index (Phi) is 4.42. The van der Waals surface area contributed by atoms with Crippen LogP contribution >= 0.6 is 15.9 Å². The molecule has 5 nitrogen and oxygen atoms in total. The zero-order valence-electron chi connectivity index (χ0n) is 10.3. The molecule has 1 aliphatic carbocycles. The first-order chi connectivity index (χ1) is 9.08. The van der Waals surface area contributed by atoms with Gasteiger partial charge in [-0.2, -0.15) is 0 Å². The molecule has 2 amide bonds. The molecule has 6 heteroatoms. The number of para-hydroxylation sites is 1. The van der Waals surface area contributed by atoms with E-state index in [1.807, 2.05) is 18.2 Å². The van der Waals surface area contributed by atoms with Gasteiger partial charge in [-0.05, 0) is 40.9 Å². The second kappa shape index (κ2) is 6.06. The third kappa shape index (κ3) is 3.96. The van der Waals surface area contributed by atoms with Gasteiger partial charge in [0.2, 0.25) is 0 Å². The normalized spacial score (nSPS) is 13.9. The number of hydrogen-bond donors (Lipinski definition) is 2. The molecule has 0 saturated heterocycles. The van der Waals surface area contributed by atoms with Gasteiger partial charge in [-0.3, -0.25) is 4.79 Å². The van der Waals surface area contributed by atoms with Gasteiger partial charge in [0.15, 0.2) is 0 Å². The van der Waals surface area contributed by atoms with Crippen LogP contribution in [-0.2, 0) is 4.79 Å². The minimum absolute atomic E-state index is 0.0279. The third-order valence-electron chi connectivity index (χ3n) is 2.93. The molecule has 0 spiro atoms. The molecule has 0 radical (unpaired) electrons. The molecular weight excluding hydrogens is 312 g/mol. The number of anilines is 1. The lowest BCUT2D eigenvalue weighted by Gasteiger charge is -2.22. The molecule has 0 unspecified atom stereocenters. The molecule has 0 aliphatic heterocycles. The first-order valence-corrected chi connectivity index (χ1v) is 6.91. The highest BCUT2D eigenvalue weighted by Gasteiger charge is 2.32. The average Bonchev–Trinajstić information content (AvgIpc) is 3.16. The number of carboxylic acids is 1. The van der Waals surface area contributed by atoms with E-state index in [0.29, 0.717) is 5.69 Å². The Morgan fingerprint density at radius 1 is 1.37 bits per heavy atom. The summed E-state index contributed by atoms with van der Waals surface area (Å²) in [5, 5.41) is 11.5. The molecule has 0 atom stereocenters. The van der Waals surface area contributed by atoms with Crippen molar-refractivity contribution in [2.45, 2.75) is 25.3 Å². The number of amides is 2. The molecule has 1 aromatic carbocycles. The van der Waals surface area contributed by atoms with Crippen molar-refractivity contribution in [3.63, 3.8) is 0 Å². The number of carbonyl (C=O) groups excluding carboxylic acids is 1. The minimum atomic E-state index is -0.889. The predicted octanol–water partition coefficient (Wildman–Crippen LogP) is 2.92. The number of aliphatic carboxylic acids is 1. The van der Waals surface area contributed by atoms with Crippen molar-refractivity contribution in [1.29, 1.82) is 0 Å². The number of urea groups is 1. The molecule has 19 heavy (non-hydrogen) atoms. The maximum absolute atomic E-state index is 12.2. The monoisotopic (exact) mass is 326 g/mol. The van der Waals surface area contributed by atoms with E-state index in [9.17, 15) is 9.59 Å². The van der Waals surface area contributed by atoms with Crippen molar-refractivity contribution < 1.29 is 14.7 Å². The van der Waals surface area contributed by atoms with Crippen molar-refractivity contribution >= 4 is 33.6 Å². The summed E-state index contributed by atoms with van der Waals surface area (Å²) in [6.07, 6.45) is 1.87. The Balaban J connectivity index is 1.99. The lowest BCUT2D eigenvalue weighted by Crippen LogP contribution is -2.38. The fourth-order valence-electron chi connectivity index (χ4n) is 1.80. The van der Waals surface area contributed by atoms with Crippen molar-refractivity contribution in [2.24, 2.45) is 0 Å². The van der Waals surface area contributed by atoms with Gasteiger partial charge < -0.3 is 15.3 Å². The van der Waals surface area contributed by atoms with Crippen LogP contribution in [0.2, 0.25) is 0 Å². The minimum Gasteiger partial charge on any atom is -0.481 e. The van der Waals surface area contributed by atoms with E-state index in [1.165, 1.54) is 0 Å². The highest BCUT2D eigenvalue weighted by Crippen LogP contribution is 2.28. The van der Waals surface area contributed by atoms with E-state index < -0.39 is 5.97 Å². The van der Waals surface area contributed by atoms with Gasteiger partial charge in [-0.25, -0.2) is 4.79 Å². The summed E-state index contributed by atoms with van der Waals surface area (Å²) >= 11 is 3.36. The maximum Gasteiger partial charge on any atom is 0.322 e. The van der Waals surface area contributed by atoms with Crippen LogP contribution in [0.15, 0.2) is 28.7 Å². The van der Waals surface area contributed by atoms with Crippen LogP contribution in [0.5, 0.6) is 0 Å². The van der Waals surface area contributed by atoms with E-state index in [2.05, 4.69) is 21.2 Å². The summed E-state index contributed by atoms with van der Waals surface area (Å²) in [4.78, 5) is 24.4. The van der Waals surface area contributed by atoms with E-state index >= 15 is 0 Å². The van der Waals surface area contributed by atoms with Crippen molar-refractivity contribution in [2.75, 3.05) is 11.9 Å². The van der Waals surface area contributed by atoms with Crippen molar-refractivity contribution in [1.82, 2.24) is 4.90 Å². The number of rotatable bonds is 5. The van der Waals surface area contributed by atoms with Crippen LogP contribution in [0.3, 0.4) is 0 Å². The van der Waals surface area contributed by atoms with Crippen molar-refractivity contribution in [3.05, 3.63) is 28.7 Å². The fraction of sp³-hybridized carbons (Fsp3) is 0.385.